The van der Waals surface area contributed by atoms with Gasteiger partial charge in [0.05, 0.1) is 18.5 Å². The normalized spacial score (nSPS) is 11.0. The summed E-state index contributed by atoms with van der Waals surface area (Å²) < 4.78 is 11.4. The van der Waals surface area contributed by atoms with Crippen LogP contribution in [0.25, 0.3) is 45.4 Å². The smallest absolute Gasteiger partial charge is 0.174 e. The molecule has 0 radical (unpaired) electrons. The molecular formula is C27H21ClN2O2. The Morgan fingerprint density at radius 3 is 2.25 bits per heavy atom. The van der Waals surface area contributed by atoms with Gasteiger partial charge in [-0.2, -0.15) is 0 Å². The summed E-state index contributed by atoms with van der Waals surface area (Å²) in [5.74, 6) is 2.87. The lowest BCUT2D eigenvalue weighted by Gasteiger charge is -2.05. The van der Waals surface area contributed by atoms with E-state index in [1.54, 1.807) is 7.11 Å². The molecule has 0 saturated carbocycles. The number of halogens is 1. The molecule has 3 aromatic carbocycles. The zero-order chi connectivity index (χ0) is 22.1. The van der Waals surface area contributed by atoms with Crippen molar-refractivity contribution >= 4 is 11.6 Å². The van der Waals surface area contributed by atoms with Gasteiger partial charge in [-0.25, -0.2) is 4.98 Å². The minimum atomic E-state index is 0.660. The predicted octanol–water partition coefficient (Wildman–Crippen LogP) is 7.64. The van der Waals surface area contributed by atoms with E-state index in [9.17, 15) is 0 Å². The number of aromatic nitrogens is 2. The summed E-state index contributed by atoms with van der Waals surface area (Å²) in [7, 11) is 1.66. The third kappa shape index (κ3) is 3.93. The summed E-state index contributed by atoms with van der Waals surface area (Å²) in [6, 6.07) is 27.7. The molecule has 5 aromatic rings. The Bertz CT molecular complexity index is 1370. The van der Waals surface area contributed by atoms with Gasteiger partial charge in [-0.3, -0.25) is 0 Å². The molecule has 4 nitrogen and oxygen atoms in total. The number of H-pyrrole nitrogens is 1. The SMILES string of the molecule is COc1ccc(-c2[nH]c(-c3ccc(-c4cccc(Cl)c4)o3)nc2-c2ccc(C)cc2)cc1. The fourth-order valence-electron chi connectivity index (χ4n) is 3.64. The minimum Gasteiger partial charge on any atom is -0.497 e. The molecule has 2 heterocycles. The highest BCUT2D eigenvalue weighted by atomic mass is 35.5. The molecule has 158 valence electrons. The van der Waals surface area contributed by atoms with Gasteiger partial charge in [0.15, 0.2) is 11.6 Å². The Labute approximate surface area is 191 Å². The average Bonchev–Trinajstić information content (AvgIpc) is 3.48. The first-order chi connectivity index (χ1) is 15.6. The summed E-state index contributed by atoms with van der Waals surface area (Å²) in [6.07, 6.45) is 0. The Hall–Kier alpha value is -3.76. The van der Waals surface area contributed by atoms with Crippen molar-refractivity contribution in [3.8, 4) is 51.2 Å². The number of methoxy groups -OCH3 is 1. The standard InChI is InChI=1S/C27H21ClN2O2/c1-17-6-8-18(9-7-17)25-26(19-10-12-22(31-2)13-11-19)30-27(29-25)24-15-14-23(32-24)20-4-3-5-21(28)16-20/h3-16H,1-2H3,(H,29,30). The summed E-state index contributed by atoms with van der Waals surface area (Å²) >= 11 is 6.14. The topological polar surface area (TPSA) is 51.0 Å². The van der Waals surface area contributed by atoms with E-state index in [2.05, 4.69) is 36.2 Å². The summed E-state index contributed by atoms with van der Waals surface area (Å²) in [4.78, 5) is 8.39. The van der Waals surface area contributed by atoms with Crippen LogP contribution >= 0.6 is 11.6 Å². The van der Waals surface area contributed by atoms with Gasteiger partial charge in [0.25, 0.3) is 0 Å². The van der Waals surface area contributed by atoms with Crippen LogP contribution in [0.4, 0.5) is 0 Å². The van der Waals surface area contributed by atoms with Crippen molar-refractivity contribution < 1.29 is 9.15 Å². The van der Waals surface area contributed by atoms with E-state index in [0.29, 0.717) is 16.6 Å². The van der Waals surface area contributed by atoms with Crippen molar-refractivity contribution in [2.24, 2.45) is 0 Å². The number of aromatic amines is 1. The van der Waals surface area contributed by atoms with Crippen LogP contribution in [0.2, 0.25) is 5.02 Å². The van der Waals surface area contributed by atoms with E-state index in [-0.39, 0.29) is 0 Å². The first-order valence-electron chi connectivity index (χ1n) is 10.3. The van der Waals surface area contributed by atoms with Gasteiger partial charge in [-0.1, -0.05) is 53.6 Å². The van der Waals surface area contributed by atoms with Gasteiger partial charge >= 0.3 is 0 Å². The van der Waals surface area contributed by atoms with Crippen LogP contribution in [0, 0.1) is 6.92 Å². The monoisotopic (exact) mass is 440 g/mol. The number of hydrogen-bond donors (Lipinski definition) is 1. The minimum absolute atomic E-state index is 0.660. The first kappa shape index (κ1) is 20.2. The van der Waals surface area contributed by atoms with E-state index < -0.39 is 0 Å². The van der Waals surface area contributed by atoms with Crippen molar-refractivity contribution in [1.82, 2.24) is 9.97 Å². The molecular weight excluding hydrogens is 420 g/mol. The molecule has 0 aliphatic heterocycles. The van der Waals surface area contributed by atoms with Crippen LogP contribution in [0.5, 0.6) is 5.75 Å². The number of nitrogens with zero attached hydrogens (tertiary/aromatic N) is 1. The second-order valence-corrected chi connectivity index (χ2v) is 8.01. The summed E-state index contributed by atoms with van der Waals surface area (Å²) in [5, 5.41) is 0.668. The predicted molar refractivity (Wildman–Crippen MR) is 129 cm³/mol. The first-order valence-corrected chi connectivity index (χ1v) is 10.7. The maximum atomic E-state index is 6.14. The average molecular weight is 441 g/mol. The van der Waals surface area contributed by atoms with Crippen molar-refractivity contribution in [3.05, 3.63) is 95.5 Å². The van der Waals surface area contributed by atoms with Crippen molar-refractivity contribution in [2.45, 2.75) is 6.92 Å². The third-order valence-corrected chi connectivity index (χ3v) is 5.59. The van der Waals surface area contributed by atoms with Gasteiger partial charge in [0.1, 0.15) is 11.5 Å². The largest absolute Gasteiger partial charge is 0.497 e. The lowest BCUT2D eigenvalue weighted by atomic mass is 10.0. The summed E-state index contributed by atoms with van der Waals surface area (Å²) in [5.41, 5.74) is 5.96. The van der Waals surface area contributed by atoms with Gasteiger partial charge in [0, 0.05) is 21.7 Å². The van der Waals surface area contributed by atoms with Crippen molar-refractivity contribution in [1.29, 1.82) is 0 Å². The van der Waals surface area contributed by atoms with Gasteiger partial charge in [-0.15, -0.1) is 0 Å². The van der Waals surface area contributed by atoms with Gasteiger partial charge in [-0.05, 0) is 55.5 Å². The van der Waals surface area contributed by atoms with Crippen LogP contribution in [-0.2, 0) is 0 Å². The second kappa shape index (κ2) is 8.40. The van der Waals surface area contributed by atoms with Crippen molar-refractivity contribution in [3.63, 3.8) is 0 Å². The highest BCUT2D eigenvalue weighted by molar-refractivity contribution is 6.30. The van der Waals surface area contributed by atoms with Crippen LogP contribution in [-0.4, -0.2) is 17.1 Å². The quantitative estimate of drug-likeness (QED) is 0.305. The molecule has 0 unspecified atom stereocenters. The lowest BCUT2D eigenvalue weighted by molar-refractivity contribution is 0.415. The molecule has 5 rings (SSSR count). The lowest BCUT2D eigenvalue weighted by Crippen LogP contribution is -1.86. The van der Waals surface area contributed by atoms with Crippen LogP contribution in [0.3, 0.4) is 0 Å². The van der Waals surface area contributed by atoms with E-state index in [4.69, 9.17) is 25.7 Å². The second-order valence-electron chi connectivity index (χ2n) is 7.58. The van der Waals surface area contributed by atoms with Crippen LogP contribution in [0.15, 0.2) is 89.3 Å². The molecule has 0 amide bonds. The van der Waals surface area contributed by atoms with Gasteiger partial charge in [0.2, 0.25) is 0 Å². The molecule has 0 atom stereocenters. The van der Waals surface area contributed by atoms with Crippen molar-refractivity contribution in [2.75, 3.05) is 7.11 Å². The fourth-order valence-corrected chi connectivity index (χ4v) is 3.83. The maximum Gasteiger partial charge on any atom is 0.174 e. The molecule has 32 heavy (non-hydrogen) atoms. The maximum absolute atomic E-state index is 6.14. The van der Waals surface area contributed by atoms with E-state index in [0.717, 1.165) is 39.6 Å². The molecule has 0 aliphatic rings. The number of rotatable bonds is 5. The molecule has 1 N–H and O–H groups in total. The summed E-state index contributed by atoms with van der Waals surface area (Å²) in [6.45, 7) is 2.07. The van der Waals surface area contributed by atoms with Crippen LogP contribution < -0.4 is 4.74 Å². The molecule has 0 fully saturated rings. The number of benzene rings is 3. The van der Waals surface area contributed by atoms with E-state index in [1.807, 2.05) is 60.7 Å². The zero-order valence-corrected chi connectivity index (χ0v) is 18.5. The highest BCUT2D eigenvalue weighted by Gasteiger charge is 2.18. The molecule has 0 saturated heterocycles. The van der Waals surface area contributed by atoms with Gasteiger partial charge < -0.3 is 14.1 Å². The number of imidazole rings is 1. The molecule has 0 aliphatic carbocycles. The number of nitrogens with one attached hydrogen (secondary N) is 1. The van der Waals surface area contributed by atoms with E-state index in [1.165, 1.54) is 5.56 Å². The Morgan fingerprint density at radius 1 is 0.812 bits per heavy atom. The fraction of sp³-hybridized carbons (Fsp3) is 0.0741. The molecule has 5 heteroatoms. The Kier molecular flexibility index (Phi) is 5.29. The number of aryl methyl sites for hydroxylation is 1. The molecule has 2 aromatic heterocycles. The zero-order valence-electron chi connectivity index (χ0n) is 17.7. The number of furan rings is 1. The Morgan fingerprint density at radius 2 is 1.53 bits per heavy atom. The van der Waals surface area contributed by atoms with Crippen LogP contribution in [0.1, 0.15) is 5.56 Å². The number of ether oxygens (including phenoxy) is 1. The van der Waals surface area contributed by atoms with E-state index >= 15 is 0 Å². The third-order valence-electron chi connectivity index (χ3n) is 5.36. The Balaban J connectivity index is 1.60. The number of hydrogen-bond acceptors (Lipinski definition) is 3. The molecule has 0 spiro atoms. The highest BCUT2D eigenvalue weighted by Crippen LogP contribution is 2.35. The molecule has 0 bridgehead atoms.